The van der Waals surface area contributed by atoms with Crippen LogP contribution in [0.15, 0.2) is 163 Å². The molecule has 748 valence electrons. The van der Waals surface area contributed by atoms with E-state index in [9.17, 15) is 37.5 Å². The number of likely N-dealkylation sites (N-methyl/N-ethyl adjacent to an activating group) is 1. The van der Waals surface area contributed by atoms with E-state index in [1.165, 1.54) is 62.8 Å². The van der Waals surface area contributed by atoms with Gasteiger partial charge >= 0.3 is 5.97 Å². The number of aromatic carboxylic acids is 1. The van der Waals surface area contributed by atoms with Crippen LogP contribution in [0.3, 0.4) is 0 Å². The Bertz CT molecular complexity index is 8330. The summed E-state index contributed by atoms with van der Waals surface area (Å²) in [5.41, 5.74) is 36.6. The zero-order valence-corrected chi connectivity index (χ0v) is 88.2. The van der Waals surface area contributed by atoms with Crippen molar-refractivity contribution in [3.05, 3.63) is 219 Å². The van der Waals surface area contributed by atoms with Crippen LogP contribution in [-0.2, 0) is 43.4 Å². The van der Waals surface area contributed by atoms with E-state index < -0.39 is 33.7 Å². The van der Waals surface area contributed by atoms with Crippen LogP contribution in [0.2, 0.25) is 5.28 Å². The second-order valence-electron chi connectivity index (χ2n) is 36.7. The van der Waals surface area contributed by atoms with Crippen molar-refractivity contribution in [1.29, 1.82) is 0 Å². The van der Waals surface area contributed by atoms with Gasteiger partial charge in [-0.05, 0) is 247 Å². The number of nitrogens with two attached hydrogens (primary N) is 4. The molecule has 1 aliphatic rings. The van der Waals surface area contributed by atoms with E-state index in [0.29, 0.717) is 113 Å². The lowest BCUT2D eigenvalue weighted by Gasteiger charge is -2.31. The van der Waals surface area contributed by atoms with E-state index >= 15 is 0 Å². The molecule has 0 radical (unpaired) electrons. The number of carboxylic acids is 1. The van der Waals surface area contributed by atoms with Gasteiger partial charge in [-0.15, -0.1) is 11.3 Å². The van der Waals surface area contributed by atoms with Crippen molar-refractivity contribution in [2.75, 3.05) is 59.8 Å². The number of imidazole rings is 4. The Hall–Kier alpha value is -14.5. The molecule has 35 nitrogen and oxygen atoms in total. The summed E-state index contributed by atoms with van der Waals surface area (Å²) in [5, 5.41) is 36.0. The molecule has 4 amide bonds. The number of halogens is 1. The maximum Gasteiger partial charge on any atom is 0.335 e. The Morgan fingerprint density at radius 3 is 1.33 bits per heavy atom. The van der Waals surface area contributed by atoms with E-state index in [-0.39, 0.29) is 28.6 Å². The van der Waals surface area contributed by atoms with Crippen LogP contribution in [-0.4, -0.2) is 167 Å². The first-order valence-electron chi connectivity index (χ1n) is 46.5. The summed E-state index contributed by atoms with van der Waals surface area (Å²) in [6, 6.07) is 45.8. The fraction of sp³-hybridized carbons (Fsp3) is 0.265. The molecule has 20 aromatic rings. The van der Waals surface area contributed by atoms with Crippen molar-refractivity contribution in [2.24, 2.45) is 54.2 Å². The lowest BCUT2D eigenvalue weighted by atomic mass is 9.99. The number of aryl methyl sites for hydroxylation is 4. The number of ether oxygens (including phenoxy) is 2. The van der Waals surface area contributed by atoms with Crippen molar-refractivity contribution in [1.82, 2.24) is 78.7 Å². The maximum absolute atomic E-state index is 13.0. The molecule has 0 saturated carbocycles. The van der Waals surface area contributed by atoms with E-state index in [4.69, 9.17) is 68.3 Å². The minimum absolute atomic E-state index is 0.00790. The number of anilines is 10. The lowest BCUT2D eigenvalue weighted by molar-refractivity contribution is 0.0651. The Kier molecular flexibility index (Phi) is 30.1. The average molecular weight is 2100 g/mol. The molecule has 43 heteroatoms. The minimum atomic E-state index is -3.78. The number of aromatic amines is 2. The Balaban J connectivity index is 0.000000125. The first-order chi connectivity index (χ1) is 69.1. The number of aromatic nitrogens is 14. The van der Waals surface area contributed by atoms with E-state index in [0.717, 1.165) is 176 Å². The Morgan fingerprint density at radius 1 is 0.441 bits per heavy atom. The summed E-state index contributed by atoms with van der Waals surface area (Å²) in [7, 11) is 2.22. The number of carbonyl (C=O) groups excluding carboxylic acids is 4. The van der Waals surface area contributed by atoms with Crippen molar-refractivity contribution in [3.63, 3.8) is 0 Å². The van der Waals surface area contributed by atoms with E-state index in [1.54, 1.807) is 84.4 Å². The van der Waals surface area contributed by atoms with Gasteiger partial charge in [0.05, 0.1) is 101 Å². The standard InChI is InChI=1S/C25H29N7O2S.C20H21N5O2S.C19H18ClN5OS.C19H21N5O2S2.C19H17N3O3S2/c1-14(2)12-15-4-5-16(22(26)33)13-18(15)28-25-30-21-19(35-25)7-6-17-20(21)29-23(27-17)24(34)32-10-8-31(3)9-11-32;1-10(2)27-15-7-5-12(19(21)26)9-13(15)23-20-24-18-16(28-20)8-6-14-17(18)22-11(3)25(14)4;1-9(2)7-10-3-4-11(17(21)26)8-13(10)23-19-25-16-14(27-19)6-5-12-15(16)24-18(20)22-12;1-11(2)8-12-4-5-13(28(20,25)26)9-14(12)22-19-23-18-16(27-19)7-6-15-17(18)21-10-24(15)3;1-9(2)25-14-6-4-11(18(23)24)8-13(14)21-19-22-16-15(27-19)7-5-12-17(16)26-10(3)20-12/h4-7,13-14H,8-12H2,1-3H3,(H2,26,33)(H,27,29)(H,28,30);5-10H,1-4H3,(H2,21,26)(H,23,24);3-6,8-9H,7H2,1-2H3,(H2,21,26)(H,22,24)(H,23,25);4-7,9-11H,8H2,1-3H3,(H,22,23)(H2,20,25,26);4-9H,1-3H3,(H,21,22)(H,23,24). The number of fused-ring (bicyclic) bond motifs is 15. The summed E-state index contributed by atoms with van der Waals surface area (Å²) in [5.74, 6) is 1.37. The number of amides is 4. The molecule has 145 heavy (non-hydrogen) atoms. The van der Waals surface area contributed by atoms with Crippen LogP contribution in [0.5, 0.6) is 11.5 Å². The van der Waals surface area contributed by atoms with Gasteiger partial charge in [0.2, 0.25) is 33.0 Å². The smallest absolute Gasteiger partial charge is 0.335 e. The zero-order chi connectivity index (χ0) is 103. The average Bonchev–Trinajstić information content (AvgIpc) is 1.61. The van der Waals surface area contributed by atoms with Gasteiger partial charge in [0.1, 0.15) is 67.0 Å². The fourth-order valence-corrected chi connectivity index (χ4v) is 22.6. The number of primary sulfonamides is 1. The number of piperazine rings is 1. The number of rotatable bonds is 26. The van der Waals surface area contributed by atoms with Gasteiger partial charge in [-0.2, -0.15) is 0 Å². The fourth-order valence-electron chi connectivity index (χ4n) is 16.5. The predicted octanol–water partition coefficient (Wildman–Crippen LogP) is 21.8. The van der Waals surface area contributed by atoms with Crippen molar-refractivity contribution >= 4 is 279 Å². The molecule has 0 spiro atoms. The van der Waals surface area contributed by atoms with Gasteiger partial charge in [0.25, 0.3) is 5.91 Å². The third-order valence-corrected chi connectivity index (χ3v) is 30.2. The monoisotopic (exact) mass is 2100 g/mol. The van der Waals surface area contributed by atoms with Gasteiger partial charge < -0.3 is 87.3 Å². The number of hydrogen-bond donors (Lipinski definition) is 12. The molecule has 21 rings (SSSR count). The van der Waals surface area contributed by atoms with Crippen molar-refractivity contribution in [2.45, 2.75) is 119 Å². The predicted molar refractivity (Wildman–Crippen MR) is 587 cm³/mol. The molecule has 10 aromatic heterocycles. The van der Waals surface area contributed by atoms with Gasteiger partial charge in [-0.3, -0.25) is 19.2 Å². The molecule has 0 aliphatic carbocycles. The summed E-state index contributed by atoms with van der Waals surface area (Å²) in [4.78, 5) is 116. The number of nitrogens with zero attached hydrogens (tertiary/aromatic N) is 14. The number of primary amides is 3. The van der Waals surface area contributed by atoms with Crippen molar-refractivity contribution in [3.8, 4) is 11.5 Å². The van der Waals surface area contributed by atoms with Gasteiger partial charge in [-0.1, -0.05) is 116 Å². The van der Waals surface area contributed by atoms with Crippen LogP contribution in [0.1, 0.15) is 149 Å². The third kappa shape index (κ3) is 23.3. The third-order valence-electron chi connectivity index (χ3n) is 23.4. The summed E-state index contributed by atoms with van der Waals surface area (Å²) < 4.78 is 45.4. The molecule has 0 unspecified atom stereocenters. The molecule has 0 atom stereocenters. The number of hydrogen-bond acceptors (Lipinski definition) is 31. The van der Waals surface area contributed by atoms with Gasteiger partial charge in [-0.25, -0.2) is 68.2 Å². The first kappa shape index (κ1) is 102. The second-order valence-corrected chi connectivity index (χ2v) is 45.0. The molecular weight excluding hydrogens is 2000 g/mol. The SMILES string of the molecule is CC(C)Cc1ccc(C(N)=O)cc1Nc1nc2c(ccc3[nH]c(C(=O)N4CCN(C)CC4)nc32)s1.CC(C)Cc1ccc(C(N)=O)cc1Nc1nc2c(ccc3[nH]c(Cl)nc32)s1.CC(C)Cc1ccc(S(N)(=O)=O)cc1Nc1nc2c(ccc3c2ncn3C)s1.Cc1nc2c3nc(Nc4cc(C(N)=O)ccc4OC(C)C)sc3ccc2n1C.Cc1nc2ccc3sc(Nc4cc(C(=O)O)ccc4OC(C)C)nc3c2s1. The molecule has 1 saturated heterocycles. The highest BCUT2D eigenvalue weighted by Crippen LogP contribution is 2.44. The minimum Gasteiger partial charge on any atom is -0.489 e. The highest BCUT2D eigenvalue weighted by atomic mass is 35.5. The van der Waals surface area contributed by atoms with Crippen LogP contribution in [0.25, 0.3) is 105 Å². The van der Waals surface area contributed by atoms with Crippen LogP contribution < -0.4 is 58.4 Å². The summed E-state index contributed by atoms with van der Waals surface area (Å²) in [6.45, 7) is 27.6. The van der Waals surface area contributed by atoms with Crippen LogP contribution in [0.4, 0.5) is 54.1 Å². The number of H-pyrrole nitrogens is 2. The number of carbonyl (C=O) groups is 5. The van der Waals surface area contributed by atoms with Crippen molar-refractivity contribution < 1.29 is 47.0 Å². The molecule has 10 aromatic carbocycles. The molecule has 1 aliphatic heterocycles. The second kappa shape index (κ2) is 42.8. The van der Waals surface area contributed by atoms with Gasteiger partial charge in [0, 0.05) is 74.0 Å². The highest BCUT2D eigenvalue weighted by Gasteiger charge is 2.28. The maximum atomic E-state index is 13.0. The summed E-state index contributed by atoms with van der Waals surface area (Å²) >= 11 is 15.2. The molecular formula is C102H106ClN25O10S7. The molecule has 1 fully saturated rings. The number of carboxylic acid groups (broad SMARTS) is 1. The Morgan fingerprint density at radius 2 is 0.848 bits per heavy atom. The lowest BCUT2D eigenvalue weighted by Crippen LogP contribution is -2.47. The summed E-state index contributed by atoms with van der Waals surface area (Å²) in [6.07, 6.45) is 4.28. The van der Waals surface area contributed by atoms with E-state index in [2.05, 4.69) is 121 Å². The molecule has 11 heterocycles. The normalized spacial score (nSPS) is 12.4. The number of sulfonamides is 1. The topological polar surface area (TPSA) is 499 Å². The molecule has 0 bridgehead atoms. The quantitative estimate of drug-likeness (QED) is 0.0239. The number of thiazole rings is 6. The number of benzene rings is 10. The molecule has 16 N–H and O–H groups in total. The van der Waals surface area contributed by atoms with Crippen LogP contribution in [0, 0.1) is 31.6 Å². The highest BCUT2D eigenvalue weighted by molar-refractivity contribution is 7.89. The first-order valence-corrected chi connectivity index (χ1v) is 53.3. The number of nitrogens with one attached hydrogen (secondary N) is 7. The Labute approximate surface area is 861 Å². The van der Waals surface area contributed by atoms with E-state index in [1.807, 2.05) is 142 Å². The largest absolute Gasteiger partial charge is 0.489 e. The van der Waals surface area contributed by atoms with Crippen LogP contribution >= 0.6 is 79.6 Å². The zero-order valence-electron chi connectivity index (χ0n) is 81.8. The van der Waals surface area contributed by atoms with Gasteiger partial charge in [0.15, 0.2) is 31.5 Å².